The number of ether oxygens (including phenoxy) is 3. The number of methoxy groups -OCH3 is 1. The van der Waals surface area contributed by atoms with E-state index in [1.165, 1.54) is 0 Å². The molecule has 28 heavy (non-hydrogen) atoms. The molecule has 0 spiro atoms. The Bertz CT molecular complexity index is 681. The number of hydrogen-bond donors (Lipinski definition) is 0. The number of carbonyl (C=O) groups excluding carboxylic acids is 2. The van der Waals surface area contributed by atoms with E-state index < -0.39 is 0 Å². The van der Waals surface area contributed by atoms with Gasteiger partial charge in [-0.15, -0.1) is 0 Å². The van der Waals surface area contributed by atoms with E-state index >= 15 is 0 Å². The Morgan fingerprint density at radius 3 is 2.43 bits per heavy atom. The predicted molar refractivity (Wildman–Crippen MR) is 108 cm³/mol. The molecule has 0 aliphatic carbocycles. The summed E-state index contributed by atoms with van der Waals surface area (Å²) >= 11 is 0. The van der Waals surface area contributed by atoms with Crippen LogP contribution in [0.15, 0.2) is 24.3 Å². The second-order valence-corrected chi connectivity index (χ2v) is 6.46. The average Bonchev–Trinajstić information content (AvgIpc) is 2.73. The molecule has 1 aromatic carbocycles. The van der Waals surface area contributed by atoms with Crippen molar-refractivity contribution in [3.8, 4) is 11.5 Å². The van der Waals surface area contributed by atoms with Crippen molar-refractivity contribution in [3.05, 3.63) is 29.8 Å². The monoisotopic (exact) mass is 390 g/mol. The summed E-state index contributed by atoms with van der Waals surface area (Å²) in [4.78, 5) is 27.5. The molecule has 0 bridgehead atoms. The van der Waals surface area contributed by atoms with Gasteiger partial charge < -0.3 is 24.0 Å². The number of carbonyl (C=O) groups is 2. The van der Waals surface area contributed by atoms with E-state index in [2.05, 4.69) is 6.92 Å². The highest BCUT2D eigenvalue weighted by molar-refractivity contribution is 5.92. The Balaban J connectivity index is 1.90. The van der Waals surface area contributed by atoms with Crippen molar-refractivity contribution in [2.45, 2.75) is 26.7 Å². The van der Waals surface area contributed by atoms with Crippen LogP contribution in [0, 0.1) is 0 Å². The molecule has 0 saturated carbocycles. The van der Waals surface area contributed by atoms with E-state index in [1.807, 2.05) is 18.2 Å². The number of nitrogens with zero attached hydrogens (tertiary/aromatic N) is 2. The van der Waals surface area contributed by atoms with Crippen molar-refractivity contribution in [2.24, 2.45) is 0 Å². The molecule has 154 valence electrons. The van der Waals surface area contributed by atoms with E-state index in [-0.39, 0.29) is 12.0 Å². The van der Waals surface area contributed by atoms with Gasteiger partial charge in [-0.25, -0.2) is 4.79 Å². The highest BCUT2D eigenvalue weighted by Crippen LogP contribution is 2.28. The smallest absolute Gasteiger partial charge is 0.409 e. The van der Waals surface area contributed by atoms with Crippen molar-refractivity contribution >= 4 is 18.1 Å². The molecule has 0 atom stereocenters. The molecule has 1 aromatic rings. The fraction of sp³-hybridized carbons (Fsp3) is 0.524. The highest BCUT2D eigenvalue weighted by Gasteiger charge is 2.23. The Labute approximate surface area is 166 Å². The highest BCUT2D eigenvalue weighted by atomic mass is 16.6. The molecule has 7 heteroatoms. The molecular formula is C21H30N2O5. The molecule has 0 unspecified atom stereocenters. The summed E-state index contributed by atoms with van der Waals surface area (Å²) in [7, 11) is 1.60. The largest absolute Gasteiger partial charge is 0.493 e. The fourth-order valence-electron chi connectivity index (χ4n) is 2.83. The molecule has 7 nitrogen and oxygen atoms in total. The quantitative estimate of drug-likeness (QED) is 0.504. The Hall–Kier alpha value is -2.70. The lowest BCUT2D eigenvalue weighted by molar-refractivity contribution is -0.127. The Kier molecular flexibility index (Phi) is 8.65. The van der Waals surface area contributed by atoms with Crippen LogP contribution in [0.4, 0.5) is 4.79 Å². The molecule has 1 aliphatic heterocycles. The van der Waals surface area contributed by atoms with E-state index in [0.29, 0.717) is 50.9 Å². The molecule has 0 aromatic heterocycles. The van der Waals surface area contributed by atoms with Crippen LogP contribution in [-0.2, 0) is 9.53 Å². The third-order valence-corrected chi connectivity index (χ3v) is 4.48. The maximum absolute atomic E-state index is 12.4. The number of amides is 2. The van der Waals surface area contributed by atoms with Crippen molar-refractivity contribution in [1.29, 1.82) is 0 Å². The topological polar surface area (TPSA) is 68.3 Å². The number of rotatable bonds is 8. The maximum atomic E-state index is 12.4. The molecule has 1 saturated heterocycles. The van der Waals surface area contributed by atoms with Crippen molar-refractivity contribution in [2.75, 3.05) is 46.5 Å². The standard InChI is InChI=1S/C21H30N2O5/c1-4-6-15-28-18-9-7-17(16-19(18)26-3)8-10-20(24)22-11-13-23(14-12-22)21(25)27-5-2/h7-10,16H,4-6,11-15H2,1-3H3/b10-8+. The summed E-state index contributed by atoms with van der Waals surface area (Å²) in [6.07, 6.45) is 5.05. The second kappa shape index (κ2) is 11.2. The van der Waals surface area contributed by atoms with Gasteiger partial charge in [0.15, 0.2) is 11.5 Å². The van der Waals surface area contributed by atoms with E-state index in [1.54, 1.807) is 36.0 Å². The summed E-state index contributed by atoms with van der Waals surface area (Å²) in [5.41, 5.74) is 0.859. The number of piperazine rings is 1. The molecule has 2 amide bonds. The van der Waals surface area contributed by atoms with Gasteiger partial charge in [0.25, 0.3) is 0 Å². The van der Waals surface area contributed by atoms with Crippen LogP contribution in [0.2, 0.25) is 0 Å². The summed E-state index contributed by atoms with van der Waals surface area (Å²) in [6.45, 7) is 6.85. The lowest BCUT2D eigenvalue weighted by atomic mass is 10.2. The normalized spacial score (nSPS) is 14.2. The molecule has 0 N–H and O–H groups in total. The maximum Gasteiger partial charge on any atom is 0.409 e. The molecule has 1 heterocycles. The van der Waals surface area contributed by atoms with Gasteiger partial charge in [-0.1, -0.05) is 19.4 Å². The van der Waals surface area contributed by atoms with Gasteiger partial charge in [-0.3, -0.25) is 4.79 Å². The van der Waals surface area contributed by atoms with Crippen LogP contribution in [0.5, 0.6) is 11.5 Å². The van der Waals surface area contributed by atoms with Crippen LogP contribution in [-0.4, -0.2) is 68.3 Å². The molecule has 1 aliphatic rings. The SMILES string of the molecule is CCCCOc1ccc(/C=C/C(=O)N2CCN(C(=O)OCC)CC2)cc1OC. The number of unbranched alkanes of at least 4 members (excludes halogenated alkanes) is 1. The van der Waals surface area contributed by atoms with Crippen molar-refractivity contribution in [1.82, 2.24) is 9.80 Å². The van der Waals surface area contributed by atoms with E-state index in [9.17, 15) is 9.59 Å². The lowest BCUT2D eigenvalue weighted by Crippen LogP contribution is -2.50. The zero-order valence-electron chi connectivity index (χ0n) is 17.0. The first-order valence-corrected chi connectivity index (χ1v) is 9.78. The first-order chi connectivity index (χ1) is 13.6. The van der Waals surface area contributed by atoms with Crippen LogP contribution < -0.4 is 9.47 Å². The number of hydrogen-bond acceptors (Lipinski definition) is 5. The lowest BCUT2D eigenvalue weighted by Gasteiger charge is -2.33. The van der Waals surface area contributed by atoms with Crippen LogP contribution in [0.3, 0.4) is 0 Å². The van der Waals surface area contributed by atoms with Crippen molar-refractivity contribution in [3.63, 3.8) is 0 Å². The van der Waals surface area contributed by atoms with Gasteiger partial charge in [0.1, 0.15) is 0 Å². The van der Waals surface area contributed by atoms with Crippen LogP contribution >= 0.6 is 0 Å². The average molecular weight is 390 g/mol. The molecule has 1 fully saturated rings. The third-order valence-electron chi connectivity index (χ3n) is 4.48. The minimum atomic E-state index is -0.321. The summed E-state index contributed by atoms with van der Waals surface area (Å²) < 4.78 is 16.1. The van der Waals surface area contributed by atoms with Crippen LogP contribution in [0.1, 0.15) is 32.3 Å². The van der Waals surface area contributed by atoms with Gasteiger partial charge in [0.05, 0.1) is 20.3 Å². The summed E-state index contributed by atoms with van der Waals surface area (Å²) in [5.74, 6) is 1.27. The van der Waals surface area contributed by atoms with Gasteiger partial charge in [-0.05, 0) is 37.1 Å². The third kappa shape index (κ3) is 6.18. The zero-order valence-corrected chi connectivity index (χ0v) is 17.0. The van der Waals surface area contributed by atoms with Gasteiger partial charge in [0, 0.05) is 32.3 Å². The van der Waals surface area contributed by atoms with Gasteiger partial charge in [-0.2, -0.15) is 0 Å². The fourth-order valence-corrected chi connectivity index (χ4v) is 2.83. The number of benzene rings is 1. The van der Waals surface area contributed by atoms with Gasteiger partial charge >= 0.3 is 6.09 Å². The Morgan fingerprint density at radius 1 is 1.07 bits per heavy atom. The summed E-state index contributed by atoms with van der Waals surface area (Å²) in [5, 5.41) is 0. The predicted octanol–water partition coefficient (Wildman–Crippen LogP) is 3.19. The zero-order chi connectivity index (χ0) is 20.4. The minimum Gasteiger partial charge on any atom is -0.493 e. The molecule has 2 rings (SSSR count). The van der Waals surface area contributed by atoms with E-state index in [4.69, 9.17) is 14.2 Å². The first kappa shape index (κ1) is 21.6. The minimum absolute atomic E-state index is 0.0780. The van der Waals surface area contributed by atoms with E-state index in [0.717, 1.165) is 18.4 Å². The van der Waals surface area contributed by atoms with Gasteiger partial charge in [0.2, 0.25) is 5.91 Å². The molecular weight excluding hydrogens is 360 g/mol. The first-order valence-electron chi connectivity index (χ1n) is 9.78. The molecule has 0 radical (unpaired) electrons. The summed E-state index contributed by atoms with van der Waals surface area (Å²) in [6, 6.07) is 5.60. The van der Waals surface area contributed by atoms with Crippen molar-refractivity contribution < 1.29 is 23.8 Å². The Morgan fingerprint density at radius 2 is 1.79 bits per heavy atom. The second-order valence-electron chi connectivity index (χ2n) is 6.46. The van der Waals surface area contributed by atoms with Crippen LogP contribution in [0.25, 0.3) is 6.08 Å².